The van der Waals surface area contributed by atoms with Gasteiger partial charge in [0, 0.05) is 25.3 Å². The minimum Gasteiger partial charge on any atom is -0.374 e. The van der Waals surface area contributed by atoms with Crippen LogP contribution >= 0.6 is 0 Å². The molecule has 1 heterocycles. The lowest BCUT2D eigenvalue weighted by Gasteiger charge is -2.28. The minimum atomic E-state index is 0.254. The predicted molar refractivity (Wildman–Crippen MR) is 65.4 cm³/mol. The lowest BCUT2D eigenvalue weighted by Crippen LogP contribution is -2.25. The van der Waals surface area contributed by atoms with Crippen molar-refractivity contribution < 1.29 is 0 Å². The molecular weight excluding hydrogens is 184 g/mol. The number of anilines is 1. The fourth-order valence-corrected chi connectivity index (χ4v) is 2.34. The third-order valence-electron chi connectivity index (χ3n) is 3.05. The SMILES string of the molecule is CC(N)Cc1ccc2c(c1)CCCN2C. The Morgan fingerprint density at radius 2 is 2.27 bits per heavy atom. The molecule has 0 saturated heterocycles. The average molecular weight is 204 g/mol. The summed E-state index contributed by atoms with van der Waals surface area (Å²) in [4.78, 5) is 2.34. The van der Waals surface area contributed by atoms with Crippen molar-refractivity contribution in [2.75, 3.05) is 18.5 Å². The van der Waals surface area contributed by atoms with Crippen LogP contribution in [0.3, 0.4) is 0 Å². The minimum absolute atomic E-state index is 0.254. The normalized spacial score (nSPS) is 17.4. The Hall–Kier alpha value is -1.02. The van der Waals surface area contributed by atoms with Crippen molar-refractivity contribution in [2.24, 2.45) is 5.73 Å². The van der Waals surface area contributed by atoms with Crippen LogP contribution in [0.25, 0.3) is 0 Å². The summed E-state index contributed by atoms with van der Waals surface area (Å²) in [5.74, 6) is 0. The summed E-state index contributed by atoms with van der Waals surface area (Å²) in [6.45, 7) is 3.24. The Bertz CT molecular complexity index is 344. The number of hydrogen-bond acceptors (Lipinski definition) is 2. The van der Waals surface area contributed by atoms with E-state index in [0.29, 0.717) is 0 Å². The van der Waals surface area contributed by atoms with Gasteiger partial charge in [0.05, 0.1) is 0 Å². The van der Waals surface area contributed by atoms with E-state index < -0.39 is 0 Å². The van der Waals surface area contributed by atoms with Gasteiger partial charge in [-0.05, 0) is 43.4 Å². The van der Waals surface area contributed by atoms with Gasteiger partial charge in [-0.25, -0.2) is 0 Å². The van der Waals surface area contributed by atoms with Gasteiger partial charge in [-0.3, -0.25) is 0 Å². The van der Waals surface area contributed by atoms with E-state index in [2.05, 4.69) is 37.1 Å². The molecule has 82 valence electrons. The smallest absolute Gasteiger partial charge is 0.0396 e. The maximum absolute atomic E-state index is 5.82. The summed E-state index contributed by atoms with van der Waals surface area (Å²) in [5.41, 5.74) is 10.1. The second kappa shape index (κ2) is 4.23. The van der Waals surface area contributed by atoms with E-state index in [1.807, 2.05) is 0 Å². The molecule has 15 heavy (non-hydrogen) atoms. The van der Waals surface area contributed by atoms with E-state index in [-0.39, 0.29) is 6.04 Å². The molecule has 0 bridgehead atoms. The van der Waals surface area contributed by atoms with Crippen LogP contribution in [-0.4, -0.2) is 19.6 Å². The van der Waals surface area contributed by atoms with E-state index in [1.165, 1.54) is 36.2 Å². The van der Waals surface area contributed by atoms with Crippen molar-refractivity contribution in [3.05, 3.63) is 29.3 Å². The van der Waals surface area contributed by atoms with Crippen LogP contribution in [0.1, 0.15) is 24.5 Å². The van der Waals surface area contributed by atoms with E-state index in [9.17, 15) is 0 Å². The Morgan fingerprint density at radius 1 is 1.47 bits per heavy atom. The third-order valence-corrected chi connectivity index (χ3v) is 3.05. The lowest BCUT2D eigenvalue weighted by atomic mass is 9.97. The first kappa shape index (κ1) is 10.5. The molecular formula is C13H20N2. The van der Waals surface area contributed by atoms with Crippen molar-refractivity contribution in [3.8, 4) is 0 Å². The summed E-state index contributed by atoms with van der Waals surface area (Å²) in [5, 5.41) is 0. The van der Waals surface area contributed by atoms with Gasteiger partial charge in [0.2, 0.25) is 0 Å². The van der Waals surface area contributed by atoms with Gasteiger partial charge in [-0.2, -0.15) is 0 Å². The summed E-state index contributed by atoms with van der Waals surface area (Å²) < 4.78 is 0. The number of fused-ring (bicyclic) bond motifs is 1. The van der Waals surface area contributed by atoms with Gasteiger partial charge in [-0.15, -0.1) is 0 Å². The van der Waals surface area contributed by atoms with Gasteiger partial charge >= 0.3 is 0 Å². The number of hydrogen-bond donors (Lipinski definition) is 1. The molecule has 0 aromatic heterocycles. The molecule has 0 spiro atoms. The maximum atomic E-state index is 5.82. The van der Waals surface area contributed by atoms with Gasteiger partial charge in [0.25, 0.3) is 0 Å². The first-order chi connectivity index (χ1) is 7.16. The lowest BCUT2D eigenvalue weighted by molar-refractivity contribution is 0.724. The number of aryl methyl sites for hydroxylation is 1. The van der Waals surface area contributed by atoms with E-state index in [4.69, 9.17) is 5.73 Å². The van der Waals surface area contributed by atoms with Crippen molar-refractivity contribution in [1.29, 1.82) is 0 Å². The zero-order chi connectivity index (χ0) is 10.8. The van der Waals surface area contributed by atoms with Crippen LogP contribution in [-0.2, 0) is 12.8 Å². The Balaban J connectivity index is 2.25. The Morgan fingerprint density at radius 3 is 3.00 bits per heavy atom. The van der Waals surface area contributed by atoms with Gasteiger partial charge in [0.15, 0.2) is 0 Å². The fraction of sp³-hybridized carbons (Fsp3) is 0.538. The van der Waals surface area contributed by atoms with Crippen LogP contribution in [0.5, 0.6) is 0 Å². The molecule has 0 aliphatic carbocycles. The molecule has 2 N–H and O–H groups in total. The molecule has 1 atom stereocenters. The monoisotopic (exact) mass is 204 g/mol. The van der Waals surface area contributed by atoms with Crippen LogP contribution in [0.2, 0.25) is 0 Å². The maximum Gasteiger partial charge on any atom is 0.0396 e. The summed E-state index contributed by atoms with van der Waals surface area (Å²) in [6.07, 6.45) is 3.47. The molecule has 0 amide bonds. The highest BCUT2D eigenvalue weighted by atomic mass is 15.1. The highest BCUT2D eigenvalue weighted by Gasteiger charge is 2.13. The second-order valence-electron chi connectivity index (χ2n) is 4.67. The molecule has 0 radical (unpaired) electrons. The number of benzene rings is 1. The van der Waals surface area contributed by atoms with E-state index in [0.717, 1.165) is 6.42 Å². The van der Waals surface area contributed by atoms with Crippen LogP contribution in [0.15, 0.2) is 18.2 Å². The third kappa shape index (κ3) is 2.32. The number of rotatable bonds is 2. The van der Waals surface area contributed by atoms with Crippen molar-refractivity contribution in [1.82, 2.24) is 0 Å². The summed E-state index contributed by atoms with van der Waals surface area (Å²) in [6, 6.07) is 7.04. The molecule has 1 aromatic carbocycles. The Kier molecular flexibility index (Phi) is 2.96. The number of nitrogens with zero attached hydrogens (tertiary/aromatic N) is 1. The second-order valence-corrected chi connectivity index (χ2v) is 4.67. The first-order valence-electron chi connectivity index (χ1n) is 5.75. The quantitative estimate of drug-likeness (QED) is 0.798. The molecule has 1 aliphatic heterocycles. The molecule has 1 unspecified atom stereocenters. The highest BCUT2D eigenvalue weighted by molar-refractivity contribution is 5.56. The number of nitrogens with two attached hydrogens (primary N) is 1. The first-order valence-corrected chi connectivity index (χ1v) is 5.75. The van der Waals surface area contributed by atoms with Crippen LogP contribution in [0, 0.1) is 0 Å². The van der Waals surface area contributed by atoms with E-state index in [1.54, 1.807) is 0 Å². The van der Waals surface area contributed by atoms with Crippen molar-refractivity contribution in [3.63, 3.8) is 0 Å². The average Bonchev–Trinajstić information content (AvgIpc) is 2.17. The van der Waals surface area contributed by atoms with Crippen molar-refractivity contribution in [2.45, 2.75) is 32.2 Å². The van der Waals surface area contributed by atoms with Crippen molar-refractivity contribution >= 4 is 5.69 Å². The summed E-state index contributed by atoms with van der Waals surface area (Å²) in [7, 11) is 2.17. The summed E-state index contributed by atoms with van der Waals surface area (Å²) >= 11 is 0. The molecule has 0 fully saturated rings. The zero-order valence-electron chi connectivity index (χ0n) is 9.66. The van der Waals surface area contributed by atoms with Crippen LogP contribution in [0.4, 0.5) is 5.69 Å². The van der Waals surface area contributed by atoms with Gasteiger partial charge in [0.1, 0.15) is 0 Å². The molecule has 0 saturated carbocycles. The molecule has 2 rings (SSSR count). The molecule has 1 aromatic rings. The largest absolute Gasteiger partial charge is 0.374 e. The van der Waals surface area contributed by atoms with E-state index >= 15 is 0 Å². The zero-order valence-corrected chi connectivity index (χ0v) is 9.66. The molecule has 1 aliphatic rings. The fourth-order valence-electron chi connectivity index (χ4n) is 2.34. The topological polar surface area (TPSA) is 29.3 Å². The standard InChI is InChI=1S/C13H20N2/c1-10(14)8-11-5-6-13-12(9-11)4-3-7-15(13)2/h5-6,9-10H,3-4,7-8,14H2,1-2H3. The molecule has 2 heteroatoms. The highest BCUT2D eigenvalue weighted by Crippen LogP contribution is 2.26. The molecule has 2 nitrogen and oxygen atoms in total. The van der Waals surface area contributed by atoms with Crippen LogP contribution < -0.4 is 10.6 Å². The van der Waals surface area contributed by atoms with Gasteiger partial charge < -0.3 is 10.6 Å². The van der Waals surface area contributed by atoms with Gasteiger partial charge in [-0.1, -0.05) is 12.1 Å². The Labute approximate surface area is 92.1 Å². The predicted octanol–water partition coefficient (Wildman–Crippen LogP) is 1.96.